The zero-order valence-corrected chi connectivity index (χ0v) is 12.3. The highest BCUT2D eigenvalue weighted by Gasteiger charge is 2.38. The lowest BCUT2D eigenvalue weighted by Gasteiger charge is -2.09. The first kappa shape index (κ1) is 17.3. The van der Waals surface area contributed by atoms with E-state index in [1.165, 1.54) is 36.2 Å². The maximum absolute atomic E-state index is 12.2. The number of anilines is 1. The number of aromatic nitrogens is 2. The Kier molecular flexibility index (Phi) is 4.77. The fourth-order valence-corrected chi connectivity index (χ4v) is 1.93. The SMILES string of the molecule is COc1ccc(C(=O)O)cc1Cn1cc(NC(=O)C(F)(F)F)cn1. The van der Waals surface area contributed by atoms with Crippen LogP contribution in [0.3, 0.4) is 0 Å². The lowest BCUT2D eigenvalue weighted by atomic mass is 10.1. The van der Waals surface area contributed by atoms with Gasteiger partial charge in [0.2, 0.25) is 0 Å². The number of benzene rings is 1. The Morgan fingerprint density at radius 1 is 1.38 bits per heavy atom. The quantitative estimate of drug-likeness (QED) is 0.868. The second-order valence-electron chi connectivity index (χ2n) is 4.71. The van der Waals surface area contributed by atoms with E-state index in [4.69, 9.17) is 9.84 Å². The molecule has 0 saturated heterocycles. The number of carboxylic acids is 1. The summed E-state index contributed by atoms with van der Waals surface area (Å²) < 4.78 is 42.9. The van der Waals surface area contributed by atoms with Crippen LogP contribution in [0.5, 0.6) is 5.75 Å². The highest BCUT2D eigenvalue weighted by atomic mass is 19.4. The minimum Gasteiger partial charge on any atom is -0.496 e. The largest absolute Gasteiger partial charge is 0.496 e. The highest BCUT2D eigenvalue weighted by molar-refractivity contribution is 5.94. The van der Waals surface area contributed by atoms with Crippen molar-refractivity contribution < 1.29 is 32.6 Å². The smallest absolute Gasteiger partial charge is 0.471 e. The second-order valence-corrected chi connectivity index (χ2v) is 4.71. The lowest BCUT2D eigenvalue weighted by molar-refractivity contribution is -0.167. The van der Waals surface area contributed by atoms with E-state index in [0.29, 0.717) is 11.3 Å². The van der Waals surface area contributed by atoms with E-state index >= 15 is 0 Å². The van der Waals surface area contributed by atoms with Crippen LogP contribution in [0.15, 0.2) is 30.6 Å². The molecule has 2 rings (SSSR count). The normalized spacial score (nSPS) is 11.2. The van der Waals surface area contributed by atoms with Crippen molar-refractivity contribution in [2.75, 3.05) is 12.4 Å². The minimum atomic E-state index is -5.00. The van der Waals surface area contributed by atoms with Gasteiger partial charge in [0.25, 0.3) is 0 Å². The van der Waals surface area contributed by atoms with Crippen LogP contribution in [0.25, 0.3) is 0 Å². The summed E-state index contributed by atoms with van der Waals surface area (Å²) in [5, 5.41) is 14.5. The summed E-state index contributed by atoms with van der Waals surface area (Å²) in [4.78, 5) is 21.9. The van der Waals surface area contributed by atoms with Gasteiger partial charge in [0.1, 0.15) is 5.75 Å². The van der Waals surface area contributed by atoms with E-state index < -0.39 is 18.1 Å². The average molecular weight is 343 g/mol. The van der Waals surface area contributed by atoms with Crippen LogP contribution in [0.1, 0.15) is 15.9 Å². The maximum Gasteiger partial charge on any atom is 0.471 e. The topological polar surface area (TPSA) is 93.5 Å². The molecule has 0 aliphatic heterocycles. The Labute approximate surface area is 133 Å². The van der Waals surface area contributed by atoms with E-state index in [2.05, 4.69) is 5.10 Å². The molecule has 0 aliphatic carbocycles. The molecule has 2 N–H and O–H groups in total. The Balaban J connectivity index is 2.19. The molecule has 2 aromatic rings. The highest BCUT2D eigenvalue weighted by Crippen LogP contribution is 2.22. The standard InChI is InChI=1S/C14H12F3N3O4/c1-24-11-3-2-8(12(21)22)4-9(11)6-20-7-10(5-18-20)19-13(23)14(15,16)17/h2-5,7H,6H2,1H3,(H,19,23)(H,21,22). The molecule has 0 atom stereocenters. The van der Waals surface area contributed by atoms with Gasteiger partial charge >= 0.3 is 18.1 Å². The van der Waals surface area contributed by atoms with E-state index in [0.717, 1.165) is 6.20 Å². The summed E-state index contributed by atoms with van der Waals surface area (Å²) in [6.45, 7) is 0.0478. The molecule has 0 unspecified atom stereocenters. The van der Waals surface area contributed by atoms with Crippen LogP contribution in [0, 0.1) is 0 Å². The molecule has 7 nitrogen and oxygen atoms in total. The van der Waals surface area contributed by atoms with Crippen molar-refractivity contribution in [1.29, 1.82) is 0 Å². The molecule has 10 heteroatoms. The van der Waals surface area contributed by atoms with Crippen molar-refractivity contribution >= 4 is 17.6 Å². The number of nitrogens with zero attached hydrogens (tertiary/aromatic N) is 2. The van der Waals surface area contributed by atoms with Crippen LogP contribution >= 0.6 is 0 Å². The summed E-state index contributed by atoms with van der Waals surface area (Å²) in [7, 11) is 1.40. The summed E-state index contributed by atoms with van der Waals surface area (Å²) in [5.74, 6) is -2.83. The van der Waals surface area contributed by atoms with E-state index in [-0.39, 0.29) is 17.8 Å². The van der Waals surface area contributed by atoms with Crippen LogP contribution in [0.2, 0.25) is 0 Å². The van der Waals surface area contributed by atoms with Crippen molar-refractivity contribution in [2.45, 2.75) is 12.7 Å². The first-order valence-corrected chi connectivity index (χ1v) is 6.51. The predicted molar refractivity (Wildman–Crippen MR) is 76.0 cm³/mol. The number of aromatic carboxylic acids is 1. The molecule has 0 bridgehead atoms. The molecule has 1 aromatic heterocycles. The number of amides is 1. The second kappa shape index (κ2) is 6.60. The van der Waals surface area contributed by atoms with Gasteiger partial charge in [-0.05, 0) is 18.2 Å². The molecule has 0 aliphatic rings. The Morgan fingerprint density at radius 3 is 2.67 bits per heavy atom. The number of hydrogen-bond donors (Lipinski definition) is 2. The van der Waals surface area contributed by atoms with Gasteiger partial charge in [0.15, 0.2) is 0 Å². The van der Waals surface area contributed by atoms with E-state index in [1.807, 2.05) is 0 Å². The molecule has 1 amide bonds. The molecule has 128 valence electrons. The van der Waals surface area contributed by atoms with Crippen molar-refractivity contribution in [3.63, 3.8) is 0 Å². The number of carboxylic acid groups (broad SMARTS) is 1. The zero-order chi connectivity index (χ0) is 17.9. The third-order valence-electron chi connectivity index (χ3n) is 3.01. The van der Waals surface area contributed by atoms with Gasteiger partial charge in [-0.3, -0.25) is 9.48 Å². The van der Waals surface area contributed by atoms with Crippen molar-refractivity contribution in [1.82, 2.24) is 9.78 Å². The average Bonchev–Trinajstić information content (AvgIpc) is 2.93. The van der Waals surface area contributed by atoms with Gasteiger partial charge in [-0.2, -0.15) is 18.3 Å². The van der Waals surface area contributed by atoms with Gasteiger partial charge in [-0.15, -0.1) is 0 Å². The van der Waals surface area contributed by atoms with Crippen molar-refractivity contribution in [3.8, 4) is 5.75 Å². The number of nitrogens with one attached hydrogen (secondary N) is 1. The minimum absolute atomic E-state index is 0.0311. The number of rotatable bonds is 5. The molecule has 0 spiro atoms. The maximum atomic E-state index is 12.2. The fourth-order valence-electron chi connectivity index (χ4n) is 1.93. The predicted octanol–water partition coefficient (Wildman–Crippen LogP) is 2.14. The summed E-state index contributed by atoms with van der Waals surface area (Å²) in [6, 6.07) is 4.20. The molecular formula is C14H12F3N3O4. The van der Waals surface area contributed by atoms with Crippen molar-refractivity contribution in [2.24, 2.45) is 0 Å². The molecule has 1 aromatic carbocycles. The third kappa shape index (κ3) is 4.03. The number of ether oxygens (including phenoxy) is 1. The Hall–Kier alpha value is -3.04. The summed E-state index contributed by atoms with van der Waals surface area (Å²) in [5.41, 5.74) is 0.364. The Bertz CT molecular complexity index is 771. The number of carbonyl (C=O) groups excluding carboxylic acids is 1. The number of halogens is 3. The molecule has 24 heavy (non-hydrogen) atoms. The number of carbonyl (C=O) groups is 2. The zero-order valence-electron chi connectivity index (χ0n) is 12.3. The van der Waals surface area contributed by atoms with E-state index in [9.17, 15) is 22.8 Å². The Morgan fingerprint density at radius 2 is 2.08 bits per heavy atom. The molecule has 0 fully saturated rings. The first-order chi connectivity index (χ1) is 11.2. The van der Waals surface area contributed by atoms with E-state index in [1.54, 1.807) is 5.32 Å². The fraction of sp³-hybridized carbons (Fsp3) is 0.214. The summed E-state index contributed by atoms with van der Waals surface area (Å²) in [6.07, 6.45) is -2.76. The van der Waals surface area contributed by atoms with Crippen LogP contribution in [-0.2, 0) is 11.3 Å². The molecule has 0 radical (unpaired) electrons. The number of hydrogen-bond acceptors (Lipinski definition) is 4. The first-order valence-electron chi connectivity index (χ1n) is 6.51. The van der Waals surface area contributed by atoms with Gasteiger partial charge in [0.05, 0.1) is 31.1 Å². The van der Waals surface area contributed by atoms with Crippen LogP contribution in [0.4, 0.5) is 18.9 Å². The summed E-state index contributed by atoms with van der Waals surface area (Å²) >= 11 is 0. The van der Waals surface area contributed by atoms with Gasteiger partial charge in [0, 0.05) is 11.8 Å². The molecular weight excluding hydrogens is 331 g/mol. The molecule has 0 saturated carbocycles. The van der Waals surface area contributed by atoms with Crippen LogP contribution < -0.4 is 10.1 Å². The van der Waals surface area contributed by atoms with Crippen LogP contribution in [-0.4, -0.2) is 40.0 Å². The van der Waals surface area contributed by atoms with Gasteiger partial charge < -0.3 is 15.2 Å². The van der Waals surface area contributed by atoms with Gasteiger partial charge in [-0.1, -0.05) is 0 Å². The number of alkyl halides is 3. The van der Waals surface area contributed by atoms with Crippen molar-refractivity contribution in [3.05, 3.63) is 41.7 Å². The number of methoxy groups -OCH3 is 1. The monoisotopic (exact) mass is 343 g/mol. The lowest BCUT2D eigenvalue weighted by Crippen LogP contribution is -2.29. The molecule has 1 heterocycles. The van der Waals surface area contributed by atoms with Gasteiger partial charge in [-0.25, -0.2) is 4.79 Å². The third-order valence-corrected chi connectivity index (χ3v) is 3.01.